The van der Waals surface area contributed by atoms with Crippen LogP contribution in [0.3, 0.4) is 0 Å². The highest BCUT2D eigenvalue weighted by Crippen LogP contribution is 2.29. The van der Waals surface area contributed by atoms with E-state index in [1.54, 1.807) is 31.4 Å². The monoisotopic (exact) mass is 444 g/mol. The molecule has 3 rings (SSSR count). The molecular weight excluding hydrogens is 416 g/mol. The van der Waals surface area contributed by atoms with Gasteiger partial charge in [-0.15, -0.1) is 0 Å². The van der Waals surface area contributed by atoms with E-state index in [1.165, 1.54) is 0 Å². The molecule has 170 valence electrons. The molecule has 0 aliphatic carbocycles. The molecule has 0 radical (unpaired) electrons. The van der Waals surface area contributed by atoms with E-state index in [1.807, 2.05) is 67.6 Å². The van der Waals surface area contributed by atoms with Crippen LogP contribution >= 0.6 is 0 Å². The molecule has 0 aliphatic heterocycles. The van der Waals surface area contributed by atoms with Crippen LogP contribution in [-0.4, -0.2) is 25.5 Å². The molecule has 0 saturated heterocycles. The largest absolute Gasteiger partial charge is 0.493 e. The summed E-state index contributed by atoms with van der Waals surface area (Å²) in [5.41, 5.74) is 2.55. The fourth-order valence-corrected chi connectivity index (χ4v) is 3.20. The van der Waals surface area contributed by atoms with Crippen molar-refractivity contribution in [1.82, 2.24) is 10.6 Å². The number of amides is 2. The first-order valence-corrected chi connectivity index (χ1v) is 10.8. The molecule has 6 nitrogen and oxygen atoms in total. The summed E-state index contributed by atoms with van der Waals surface area (Å²) in [7, 11) is 1.56. The van der Waals surface area contributed by atoms with Crippen LogP contribution < -0.4 is 20.1 Å². The number of carbonyl (C=O) groups is 2. The van der Waals surface area contributed by atoms with Crippen molar-refractivity contribution in [2.45, 2.75) is 20.0 Å². The van der Waals surface area contributed by atoms with Crippen LogP contribution in [0.25, 0.3) is 6.08 Å². The van der Waals surface area contributed by atoms with Crippen LogP contribution in [0.15, 0.2) is 84.4 Å². The molecule has 0 spiro atoms. The summed E-state index contributed by atoms with van der Waals surface area (Å²) in [5.74, 6) is 0.205. The molecule has 2 N–H and O–H groups in total. The van der Waals surface area contributed by atoms with Crippen molar-refractivity contribution in [3.8, 4) is 11.5 Å². The minimum absolute atomic E-state index is 0.00878. The van der Waals surface area contributed by atoms with E-state index >= 15 is 0 Å². The molecule has 0 saturated carbocycles. The van der Waals surface area contributed by atoms with E-state index in [-0.39, 0.29) is 5.57 Å². The number of carbonyl (C=O) groups excluding carboxylic acids is 2. The average molecular weight is 445 g/mol. The van der Waals surface area contributed by atoms with Gasteiger partial charge < -0.3 is 20.1 Å². The minimum Gasteiger partial charge on any atom is -0.493 e. The summed E-state index contributed by atoms with van der Waals surface area (Å²) in [4.78, 5) is 26.0. The Morgan fingerprint density at radius 3 is 1.82 bits per heavy atom. The zero-order valence-corrected chi connectivity index (χ0v) is 18.8. The van der Waals surface area contributed by atoms with Crippen molar-refractivity contribution in [1.29, 1.82) is 0 Å². The Morgan fingerprint density at radius 2 is 1.33 bits per heavy atom. The van der Waals surface area contributed by atoms with Crippen LogP contribution in [0.1, 0.15) is 23.6 Å². The van der Waals surface area contributed by atoms with E-state index in [2.05, 4.69) is 10.6 Å². The molecule has 33 heavy (non-hydrogen) atoms. The number of hydrogen-bond acceptors (Lipinski definition) is 4. The zero-order chi connectivity index (χ0) is 23.5. The SMILES string of the molecule is CCOc1cc(C=C(C(=O)NCc2ccccc2)C(=O)NCc2ccccc2)ccc1OC. The first kappa shape index (κ1) is 23.6. The second-order valence-corrected chi connectivity index (χ2v) is 7.24. The Labute approximate surface area is 194 Å². The van der Waals surface area contributed by atoms with E-state index in [9.17, 15) is 9.59 Å². The van der Waals surface area contributed by atoms with Crippen molar-refractivity contribution < 1.29 is 19.1 Å². The quantitative estimate of drug-likeness (QED) is 0.280. The summed E-state index contributed by atoms with van der Waals surface area (Å²) in [5, 5.41) is 5.67. The lowest BCUT2D eigenvalue weighted by Crippen LogP contribution is -2.34. The molecule has 2 amide bonds. The van der Waals surface area contributed by atoms with Gasteiger partial charge in [0, 0.05) is 13.1 Å². The van der Waals surface area contributed by atoms with Crippen LogP contribution in [0.4, 0.5) is 0 Å². The van der Waals surface area contributed by atoms with Gasteiger partial charge in [0.15, 0.2) is 11.5 Å². The molecule has 3 aromatic carbocycles. The van der Waals surface area contributed by atoms with Gasteiger partial charge in [0.2, 0.25) is 0 Å². The van der Waals surface area contributed by atoms with E-state index in [0.717, 1.165) is 11.1 Å². The highest BCUT2D eigenvalue weighted by molar-refractivity contribution is 6.21. The van der Waals surface area contributed by atoms with E-state index < -0.39 is 11.8 Å². The number of rotatable bonds is 10. The van der Waals surface area contributed by atoms with Crippen LogP contribution in [-0.2, 0) is 22.7 Å². The highest BCUT2D eigenvalue weighted by atomic mass is 16.5. The second-order valence-electron chi connectivity index (χ2n) is 7.24. The summed E-state index contributed by atoms with van der Waals surface area (Å²) >= 11 is 0. The number of ether oxygens (including phenoxy) is 2. The summed E-state index contributed by atoms with van der Waals surface area (Å²) in [6, 6.07) is 24.3. The van der Waals surface area contributed by atoms with E-state index in [4.69, 9.17) is 9.47 Å². The molecule has 0 unspecified atom stereocenters. The van der Waals surface area contributed by atoms with Gasteiger partial charge in [-0.2, -0.15) is 0 Å². The maximum atomic E-state index is 13.0. The lowest BCUT2D eigenvalue weighted by Gasteiger charge is -2.12. The van der Waals surface area contributed by atoms with Crippen molar-refractivity contribution >= 4 is 17.9 Å². The molecule has 0 bridgehead atoms. The number of methoxy groups -OCH3 is 1. The van der Waals surface area contributed by atoms with Gasteiger partial charge in [-0.05, 0) is 41.8 Å². The Hall–Kier alpha value is -4.06. The van der Waals surface area contributed by atoms with Gasteiger partial charge in [-0.1, -0.05) is 66.7 Å². The maximum absolute atomic E-state index is 13.0. The summed E-state index contributed by atoms with van der Waals surface area (Å²) < 4.78 is 11.0. The number of nitrogens with one attached hydrogen (secondary N) is 2. The fourth-order valence-electron chi connectivity index (χ4n) is 3.20. The topological polar surface area (TPSA) is 76.7 Å². The fraction of sp³-hybridized carbons (Fsp3) is 0.185. The zero-order valence-electron chi connectivity index (χ0n) is 18.8. The van der Waals surface area contributed by atoms with E-state index in [0.29, 0.717) is 36.8 Å². The normalized spacial score (nSPS) is 10.1. The smallest absolute Gasteiger partial charge is 0.257 e. The predicted octanol–water partition coefficient (Wildman–Crippen LogP) is 4.11. The van der Waals surface area contributed by atoms with Crippen molar-refractivity contribution in [3.05, 3.63) is 101 Å². The lowest BCUT2D eigenvalue weighted by molar-refractivity contribution is -0.123. The highest BCUT2D eigenvalue weighted by Gasteiger charge is 2.19. The molecule has 3 aromatic rings. The molecular formula is C27H28N2O4. The Bertz CT molecular complexity index is 1040. The molecule has 0 heterocycles. The predicted molar refractivity (Wildman–Crippen MR) is 129 cm³/mol. The van der Waals surface area contributed by atoms with Gasteiger partial charge in [0.25, 0.3) is 11.8 Å². The number of hydrogen-bond donors (Lipinski definition) is 2. The minimum atomic E-state index is -0.460. The Kier molecular flexibility index (Phi) is 8.65. The summed E-state index contributed by atoms with van der Waals surface area (Å²) in [6.45, 7) is 2.97. The number of benzene rings is 3. The molecule has 0 fully saturated rings. The molecule has 0 aromatic heterocycles. The Balaban J connectivity index is 1.84. The maximum Gasteiger partial charge on any atom is 0.257 e. The molecule has 0 aliphatic rings. The second kappa shape index (κ2) is 12.1. The first-order chi connectivity index (χ1) is 16.1. The van der Waals surface area contributed by atoms with Crippen LogP contribution in [0, 0.1) is 0 Å². The van der Waals surface area contributed by atoms with Crippen molar-refractivity contribution in [3.63, 3.8) is 0 Å². The van der Waals surface area contributed by atoms with Gasteiger partial charge >= 0.3 is 0 Å². The van der Waals surface area contributed by atoms with Gasteiger partial charge in [-0.25, -0.2) is 0 Å². The van der Waals surface area contributed by atoms with Crippen LogP contribution in [0.2, 0.25) is 0 Å². The van der Waals surface area contributed by atoms with Gasteiger partial charge in [0.05, 0.1) is 13.7 Å². The Morgan fingerprint density at radius 1 is 0.788 bits per heavy atom. The van der Waals surface area contributed by atoms with Crippen LogP contribution in [0.5, 0.6) is 11.5 Å². The van der Waals surface area contributed by atoms with Gasteiger partial charge in [0.1, 0.15) is 5.57 Å². The first-order valence-electron chi connectivity index (χ1n) is 10.8. The van der Waals surface area contributed by atoms with Crippen molar-refractivity contribution in [2.24, 2.45) is 0 Å². The third kappa shape index (κ3) is 6.97. The lowest BCUT2D eigenvalue weighted by atomic mass is 10.1. The van der Waals surface area contributed by atoms with Gasteiger partial charge in [-0.3, -0.25) is 9.59 Å². The molecule has 6 heteroatoms. The standard InChI is InChI=1S/C27H28N2O4/c1-3-33-25-17-22(14-15-24(25)32-2)16-23(26(30)28-18-20-10-6-4-7-11-20)27(31)29-19-21-12-8-5-9-13-21/h4-17H,3,18-19H2,1-2H3,(H,28,30)(H,29,31). The molecule has 0 atom stereocenters. The van der Waals surface area contributed by atoms with Crippen molar-refractivity contribution in [2.75, 3.05) is 13.7 Å². The average Bonchev–Trinajstić information content (AvgIpc) is 2.86. The summed E-state index contributed by atoms with van der Waals surface area (Å²) in [6.07, 6.45) is 1.56. The third-order valence-electron chi connectivity index (χ3n) is 4.88. The third-order valence-corrected chi connectivity index (χ3v) is 4.88.